The zero-order valence-electron chi connectivity index (χ0n) is 23.1. The zero-order valence-corrected chi connectivity index (χ0v) is 23.1. The fraction of sp³-hybridized carbons (Fsp3) is 0.258. The lowest BCUT2D eigenvalue weighted by atomic mass is 9.96. The van der Waals surface area contributed by atoms with E-state index in [0.29, 0.717) is 12.8 Å². The van der Waals surface area contributed by atoms with Crippen LogP contribution >= 0.6 is 0 Å². The Balaban J connectivity index is 0.000000667. The largest absolute Gasteiger partial charge is 0.387 e. The molecule has 2 aromatic carbocycles. The van der Waals surface area contributed by atoms with Crippen LogP contribution in [0.15, 0.2) is 102 Å². The molecule has 1 amide bonds. The minimum Gasteiger partial charge on any atom is -0.387 e. The molecule has 0 heterocycles. The molecule has 0 aromatic heterocycles. The maximum atomic E-state index is 10.7. The van der Waals surface area contributed by atoms with Crippen molar-refractivity contribution in [3.05, 3.63) is 102 Å². The number of carbonyl (C=O) groups excluding carboxylic acids is 1. The maximum absolute atomic E-state index is 10.7. The van der Waals surface area contributed by atoms with Gasteiger partial charge in [-0.2, -0.15) is 0 Å². The first-order valence-corrected chi connectivity index (χ1v) is 12.4. The van der Waals surface area contributed by atoms with E-state index in [1.807, 2.05) is 126 Å². The first kappa shape index (κ1) is 32.8. The van der Waals surface area contributed by atoms with Gasteiger partial charge in [-0.25, -0.2) is 0 Å². The first-order chi connectivity index (χ1) is 18.0. The van der Waals surface area contributed by atoms with E-state index in [1.165, 1.54) is 5.57 Å². The van der Waals surface area contributed by atoms with E-state index < -0.39 is 0 Å². The van der Waals surface area contributed by atoms with Crippen LogP contribution in [0.3, 0.4) is 0 Å². The molecule has 0 aliphatic heterocycles. The van der Waals surface area contributed by atoms with Gasteiger partial charge in [0.15, 0.2) is 0 Å². The lowest BCUT2D eigenvalue weighted by Gasteiger charge is -2.13. The molecule has 0 atom stereocenters. The molecule has 0 bridgehead atoms. The Hall–Kier alpha value is -4.19. The van der Waals surface area contributed by atoms with Crippen LogP contribution in [-0.4, -0.2) is 44.0 Å². The number of allylic oxidation sites excluding steroid dienone is 6. The molecule has 0 aliphatic carbocycles. The summed E-state index contributed by atoms with van der Waals surface area (Å²) in [5, 5.41) is 10.1. The number of carbonyl (C=O) groups is 1. The number of nitrogens with zero attached hydrogens (tertiary/aromatic N) is 2. The van der Waals surface area contributed by atoms with E-state index in [2.05, 4.69) is 21.3 Å². The summed E-state index contributed by atoms with van der Waals surface area (Å²) in [4.78, 5) is 16.8. The molecular weight excluding hydrogens is 458 g/mol. The van der Waals surface area contributed by atoms with Gasteiger partial charge >= 0.3 is 0 Å². The topological polar surface area (TPSA) is 94.6 Å². The fourth-order valence-corrected chi connectivity index (χ4v) is 3.20. The number of amides is 1. The molecule has 2 aromatic rings. The van der Waals surface area contributed by atoms with Crippen molar-refractivity contribution in [1.82, 2.24) is 4.90 Å². The highest BCUT2D eigenvalue weighted by molar-refractivity contribution is 5.88. The average Bonchev–Trinajstić information content (AvgIpc) is 2.90. The van der Waals surface area contributed by atoms with E-state index in [4.69, 9.17) is 11.1 Å². The molecule has 6 nitrogen and oxygen atoms in total. The Labute approximate surface area is 223 Å². The summed E-state index contributed by atoms with van der Waals surface area (Å²) in [6, 6.07) is 15.3. The van der Waals surface area contributed by atoms with Gasteiger partial charge in [0.05, 0.1) is 5.84 Å². The first-order valence-electron chi connectivity index (χ1n) is 12.4. The van der Waals surface area contributed by atoms with E-state index in [1.54, 1.807) is 7.05 Å². The number of rotatable bonds is 11. The average molecular weight is 502 g/mol. The second-order valence-electron chi connectivity index (χ2n) is 7.59. The summed E-state index contributed by atoms with van der Waals surface area (Å²) in [6.45, 7) is 8.91. The minimum absolute atomic E-state index is 0.119. The Morgan fingerprint density at radius 3 is 2.22 bits per heavy atom. The monoisotopic (exact) mass is 501 g/mol. The van der Waals surface area contributed by atoms with Gasteiger partial charge in [0.2, 0.25) is 6.41 Å². The molecule has 198 valence electrons. The number of likely N-dealkylation sites (N-methyl/N-ethyl adjacent to an activating group) is 1. The molecule has 0 unspecified atom stereocenters. The predicted octanol–water partition coefficient (Wildman–Crippen LogP) is 6.64. The van der Waals surface area contributed by atoms with Crippen molar-refractivity contribution in [2.24, 2.45) is 10.7 Å². The SMILES string of the molecule is C/C=C(\C=NC)CN(C)\C=C/C=C\C=C\C.CC.N=C(N)Cc1ccccc1-c1ccccc1NC=O. The third-order valence-electron chi connectivity index (χ3n) is 4.79. The van der Waals surface area contributed by atoms with Crippen molar-refractivity contribution in [3.63, 3.8) is 0 Å². The standard InChI is InChI=1S/C15H15N3O.C14H22N2.C2H6/c16-15(17)9-11-5-1-2-6-12(11)13-7-3-4-8-14(13)18-10-19;1-5-7-8-9-10-11-16(4)13-14(6-2)12-15-3;1-2/h1-8,10H,9H2,(H3,16,17)(H,18,19);5-12H,13H2,1-4H3;1-2H3/b;7-5+,9-8-,11-10-,14-6+,15-12?;. The van der Waals surface area contributed by atoms with Crippen LogP contribution in [0.4, 0.5) is 5.69 Å². The van der Waals surface area contributed by atoms with Gasteiger partial charge < -0.3 is 16.0 Å². The molecule has 0 radical (unpaired) electrons. The quantitative estimate of drug-likeness (QED) is 0.139. The van der Waals surface area contributed by atoms with Crippen molar-refractivity contribution in [2.45, 2.75) is 34.1 Å². The van der Waals surface area contributed by atoms with Crippen molar-refractivity contribution in [1.29, 1.82) is 5.41 Å². The van der Waals surface area contributed by atoms with Crippen LogP contribution in [-0.2, 0) is 11.2 Å². The highest BCUT2D eigenvalue weighted by Crippen LogP contribution is 2.30. The van der Waals surface area contributed by atoms with Crippen molar-refractivity contribution >= 4 is 24.1 Å². The molecule has 2 rings (SSSR count). The second kappa shape index (κ2) is 21.1. The summed E-state index contributed by atoms with van der Waals surface area (Å²) < 4.78 is 0. The molecule has 0 spiro atoms. The number of benzene rings is 2. The number of hydrogen-bond acceptors (Lipinski definition) is 4. The third-order valence-corrected chi connectivity index (χ3v) is 4.79. The Morgan fingerprint density at radius 2 is 1.62 bits per heavy atom. The lowest BCUT2D eigenvalue weighted by Crippen LogP contribution is -2.14. The van der Waals surface area contributed by atoms with Gasteiger partial charge in [-0.15, -0.1) is 0 Å². The minimum atomic E-state index is 0.119. The van der Waals surface area contributed by atoms with Crippen LogP contribution in [0.2, 0.25) is 0 Å². The Kier molecular flexibility index (Phi) is 18.7. The highest BCUT2D eigenvalue weighted by Gasteiger charge is 2.09. The summed E-state index contributed by atoms with van der Waals surface area (Å²) in [5.74, 6) is 0.119. The molecular formula is C31H43N5O. The van der Waals surface area contributed by atoms with E-state index in [0.717, 1.165) is 28.9 Å². The number of nitrogens with two attached hydrogens (primary N) is 1. The number of aliphatic imine (C=N–C) groups is 1. The second-order valence-corrected chi connectivity index (χ2v) is 7.59. The molecule has 4 N–H and O–H groups in total. The van der Waals surface area contributed by atoms with Crippen molar-refractivity contribution in [3.8, 4) is 11.1 Å². The molecule has 0 fully saturated rings. The van der Waals surface area contributed by atoms with E-state index >= 15 is 0 Å². The summed E-state index contributed by atoms with van der Waals surface area (Å²) >= 11 is 0. The summed E-state index contributed by atoms with van der Waals surface area (Å²) in [7, 11) is 3.84. The van der Waals surface area contributed by atoms with Crippen LogP contribution in [0.25, 0.3) is 11.1 Å². The molecule has 37 heavy (non-hydrogen) atoms. The van der Waals surface area contributed by atoms with Gasteiger partial charge in [-0.1, -0.05) is 86.7 Å². The number of nitrogens with one attached hydrogen (secondary N) is 2. The molecule has 0 saturated heterocycles. The number of anilines is 1. The maximum Gasteiger partial charge on any atom is 0.211 e. The van der Waals surface area contributed by atoms with Gasteiger partial charge in [0, 0.05) is 44.5 Å². The van der Waals surface area contributed by atoms with Crippen molar-refractivity contribution < 1.29 is 4.79 Å². The summed E-state index contributed by atoms with van der Waals surface area (Å²) in [6.07, 6.45) is 17.1. The Bertz CT molecular complexity index is 1080. The fourth-order valence-electron chi connectivity index (χ4n) is 3.20. The van der Waals surface area contributed by atoms with Gasteiger partial charge in [0.1, 0.15) is 0 Å². The van der Waals surface area contributed by atoms with E-state index in [9.17, 15) is 4.79 Å². The normalized spacial score (nSPS) is 11.2. The van der Waals surface area contributed by atoms with Crippen LogP contribution in [0, 0.1) is 5.41 Å². The highest BCUT2D eigenvalue weighted by atomic mass is 16.1. The number of para-hydroxylation sites is 1. The third kappa shape index (κ3) is 14.1. The molecule has 6 heteroatoms. The van der Waals surface area contributed by atoms with Gasteiger partial charge in [0.25, 0.3) is 0 Å². The smallest absolute Gasteiger partial charge is 0.211 e. The summed E-state index contributed by atoms with van der Waals surface area (Å²) in [5.41, 5.74) is 10.3. The Morgan fingerprint density at radius 1 is 1.00 bits per heavy atom. The molecule has 0 saturated carbocycles. The molecule has 0 aliphatic rings. The van der Waals surface area contributed by atoms with Crippen LogP contribution in [0.5, 0.6) is 0 Å². The van der Waals surface area contributed by atoms with Crippen LogP contribution in [0.1, 0.15) is 33.3 Å². The predicted molar refractivity (Wildman–Crippen MR) is 162 cm³/mol. The van der Waals surface area contributed by atoms with Gasteiger partial charge in [-0.05, 0) is 48.9 Å². The van der Waals surface area contributed by atoms with Gasteiger partial charge in [-0.3, -0.25) is 15.2 Å². The van der Waals surface area contributed by atoms with E-state index in [-0.39, 0.29) is 5.84 Å². The van der Waals surface area contributed by atoms with Crippen molar-refractivity contribution in [2.75, 3.05) is 26.0 Å². The number of amidine groups is 1. The van der Waals surface area contributed by atoms with Crippen LogP contribution < -0.4 is 11.1 Å². The number of hydrogen-bond donors (Lipinski definition) is 3. The zero-order chi connectivity index (χ0) is 27.9. The lowest BCUT2D eigenvalue weighted by molar-refractivity contribution is -0.105.